The maximum absolute atomic E-state index is 12.1. The molecule has 1 aliphatic carbocycles. The Kier molecular flexibility index (Phi) is 3.50. The van der Waals surface area contributed by atoms with E-state index in [1.165, 1.54) is 0 Å². The van der Waals surface area contributed by atoms with Crippen LogP contribution in [0.25, 0.3) is 0 Å². The van der Waals surface area contributed by atoms with Crippen molar-refractivity contribution < 1.29 is 19.1 Å². The van der Waals surface area contributed by atoms with E-state index in [0.29, 0.717) is 6.47 Å². The number of nitrogens with zero attached hydrogens (tertiary/aromatic N) is 1. The quantitative estimate of drug-likeness (QED) is 0.709. The van der Waals surface area contributed by atoms with Crippen molar-refractivity contribution in [3.05, 3.63) is 0 Å². The van der Waals surface area contributed by atoms with Crippen molar-refractivity contribution in [3.8, 4) is 0 Å². The van der Waals surface area contributed by atoms with Crippen LogP contribution in [0.4, 0.5) is 4.79 Å². The van der Waals surface area contributed by atoms with Gasteiger partial charge in [0.1, 0.15) is 11.7 Å². The predicted octanol–water partition coefficient (Wildman–Crippen LogP) is 2.09. The van der Waals surface area contributed by atoms with E-state index in [4.69, 9.17) is 9.47 Å². The lowest BCUT2D eigenvalue weighted by Gasteiger charge is -2.47. The van der Waals surface area contributed by atoms with Gasteiger partial charge in [-0.2, -0.15) is 0 Å². The molecule has 5 heteroatoms. The van der Waals surface area contributed by atoms with E-state index in [1.807, 2.05) is 25.7 Å². The molecule has 0 unspecified atom stereocenters. The molecule has 3 rings (SSSR count). The molecule has 1 saturated carbocycles. The first-order chi connectivity index (χ1) is 8.40. The fourth-order valence-corrected chi connectivity index (χ4v) is 2.78. The first-order valence-electron chi connectivity index (χ1n) is 6.51. The van der Waals surface area contributed by atoms with Crippen LogP contribution in [-0.4, -0.2) is 41.3 Å². The molecule has 0 aromatic rings. The number of rotatable bonds is 2. The standard InChI is InChI=1S/C13H21NO4/c1-13(2,3)18-12(16)14-9-4-5-11(17-8-15)7-10(14)6-9/h8-11H,4-7H2,1-3H3/t9-,10-,11+/m0/s1. The molecule has 3 aliphatic rings. The Morgan fingerprint density at radius 2 is 1.94 bits per heavy atom. The van der Waals surface area contributed by atoms with E-state index in [-0.39, 0.29) is 24.3 Å². The first kappa shape index (κ1) is 13.2. The number of amides is 1. The normalized spacial score (nSPS) is 31.1. The molecule has 18 heavy (non-hydrogen) atoms. The molecule has 0 radical (unpaired) electrons. The van der Waals surface area contributed by atoms with Crippen molar-refractivity contribution in [2.24, 2.45) is 0 Å². The minimum atomic E-state index is -0.464. The summed E-state index contributed by atoms with van der Waals surface area (Å²) in [5, 5.41) is 0. The van der Waals surface area contributed by atoms with Gasteiger partial charge >= 0.3 is 6.09 Å². The Morgan fingerprint density at radius 3 is 2.56 bits per heavy atom. The molecular formula is C13H21NO4. The van der Waals surface area contributed by atoms with E-state index < -0.39 is 5.60 Å². The maximum Gasteiger partial charge on any atom is 0.410 e. The van der Waals surface area contributed by atoms with Crippen LogP contribution in [0.3, 0.4) is 0 Å². The van der Waals surface area contributed by atoms with Crippen LogP contribution in [0.1, 0.15) is 46.5 Å². The number of hydrogen-bond donors (Lipinski definition) is 0. The summed E-state index contributed by atoms with van der Waals surface area (Å²) in [5.74, 6) is 0. The van der Waals surface area contributed by atoms with Gasteiger partial charge in [0.2, 0.25) is 0 Å². The van der Waals surface area contributed by atoms with Crippen LogP contribution in [0, 0.1) is 0 Å². The summed E-state index contributed by atoms with van der Waals surface area (Å²) in [6, 6.07) is 0.419. The van der Waals surface area contributed by atoms with Gasteiger partial charge in [-0.1, -0.05) is 0 Å². The summed E-state index contributed by atoms with van der Waals surface area (Å²) in [4.78, 5) is 24.3. The van der Waals surface area contributed by atoms with Crippen LogP contribution in [0.5, 0.6) is 0 Å². The van der Waals surface area contributed by atoms with Gasteiger partial charge in [-0.3, -0.25) is 4.79 Å². The third kappa shape index (κ3) is 2.76. The van der Waals surface area contributed by atoms with Gasteiger partial charge in [-0.15, -0.1) is 0 Å². The topological polar surface area (TPSA) is 55.8 Å². The minimum absolute atomic E-state index is 0.0510. The zero-order valence-corrected chi connectivity index (χ0v) is 11.2. The highest BCUT2D eigenvalue weighted by atomic mass is 16.6. The van der Waals surface area contributed by atoms with Crippen molar-refractivity contribution in [2.45, 2.75) is 70.2 Å². The highest BCUT2D eigenvalue weighted by Crippen LogP contribution is 2.38. The van der Waals surface area contributed by atoms with Crippen LogP contribution < -0.4 is 0 Å². The highest BCUT2D eigenvalue weighted by molar-refractivity contribution is 5.70. The molecule has 102 valence electrons. The first-order valence-corrected chi connectivity index (χ1v) is 6.51. The van der Waals surface area contributed by atoms with Gasteiger partial charge < -0.3 is 14.4 Å². The van der Waals surface area contributed by atoms with Gasteiger partial charge in [0, 0.05) is 18.5 Å². The number of hydrogen-bond acceptors (Lipinski definition) is 4. The molecule has 3 fully saturated rings. The summed E-state index contributed by atoms with van der Waals surface area (Å²) in [6.45, 7) is 6.11. The molecule has 0 N–H and O–H groups in total. The molecule has 2 bridgehead atoms. The molecule has 2 saturated heterocycles. The van der Waals surface area contributed by atoms with Crippen molar-refractivity contribution in [1.82, 2.24) is 4.90 Å². The molecule has 5 nitrogen and oxygen atoms in total. The largest absolute Gasteiger partial charge is 0.465 e. The van der Waals surface area contributed by atoms with Crippen molar-refractivity contribution in [2.75, 3.05) is 0 Å². The lowest BCUT2D eigenvalue weighted by atomic mass is 9.92. The van der Waals surface area contributed by atoms with Gasteiger partial charge in [-0.25, -0.2) is 4.79 Å². The Bertz CT molecular complexity index is 336. The monoisotopic (exact) mass is 255 g/mol. The average molecular weight is 255 g/mol. The minimum Gasteiger partial charge on any atom is -0.465 e. The zero-order chi connectivity index (χ0) is 13.3. The van der Waals surface area contributed by atoms with Crippen molar-refractivity contribution in [1.29, 1.82) is 0 Å². The summed E-state index contributed by atoms with van der Waals surface area (Å²) in [5.41, 5.74) is -0.464. The Morgan fingerprint density at radius 1 is 1.22 bits per heavy atom. The highest BCUT2D eigenvalue weighted by Gasteiger charge is 2.46. The van der Waals surface area contributed by atoms with Gasteiger partial charge in [-0.05, 0) is 40.0 Å². The Balaban J connectivity index is 1.96. The lowest BCUT2D eigenvalue weighted by Crippen LogP contribution is -2.58. The van der Waals surface area contributed by atoms with Gasteiger partial charge in [0.25, 0.3) is 6.47 Å². The summed E-state index contributed by atoms with van der Waals surface area (Å²) in [7, 11) is 0. The average Bonchev–Trinajstić information content (AvgIpc) is 2.46. The van der Waals surface area contributed by atoms with E-state index in [9.17, 15) is 9.59 Å². The SMILES string of the molecule is CC(C)(C)OC(=O)N1[C@@H]2C[C@H](OC=O)CC[C@H]1C2. The molecule has 3 atom stereocenters. The second-order valence-electron chi connectivity index (χ2n) is 6.10. The molecular weight excluding hydrogens is 234 g/mol. The number of carbonyl (C=O) groups excluding carboxylic acids is 2. The Hall–Kier alpha value is -1.26. The van der Waals surface area contributed by atoms with E-state index >= 15 is 0 Å². The maximum atomic E-state index is 12.1. The third-order valence-electron chi connectivity index (χ3n) is 3.54. The summed E-state index contributed by atoms with van der Waals surface area (Å²) in [6.07, 6.45) is 3.15. The molecule has 2 heterocycles. The second-order valence-corrected chi connectivity index (χ2v) is 6.10. The Labute approximate surface area is 107 Å². The van der Waals surface area contributed by atoms with E-state index in [2.05, 4.69) is 0 Å². The molecule has 0 aromatic carbocycles. The third-order valence-corrected chi connectivity index (χ3v) is 3.54. The van der Waals surface area contributed by atoms with Gasteiger partial charge in [0.15, 0.2) is 0 Å². The molecule has 0 spiro atoms. The predicted molar refractivity (Wildman–Crippen MR) is 65.1 cm³/mol. The van der Waals surface area contributed by atoms with E-state index in [0.717, 1.165) is 25.7 Å². The number of carbonyl (C=O) groups is 2. The molecule has 2 aliphatic heterocycles. The van der Waals surface area contributed by atoms with Crippen LogP contribution in [0.15, 0.2) is 0 Å². The van der Waals surface area contributed by atoms with E-state index in [1.54, 1.807) is 0 Å². The van der Waals surface area contributed by atoms with Gasteiger partial charge in [0.05, 0.1) is 0 Å². The fourth-order valence-electron chi connectivity index (χ4n) is 2.78. The van der Waals surface area contributed by atoms with Crippen molar-refractivity contribution in [3.63, 3.8) is 0 Å². The van der Waals surface area contributed by atoms with Crippen molar-refractivity contribution >= 4 is 12.6 Å². The van der Waals surface area contributed by atoms with Crippen LogP contribution in [0.2, 0.25) is 0 Å². The molecule has 0 aromatic heterocycles. The number of ether oxygens (including phenoxy) is 2. The number of fused-ring (bicyclic) bond motifs is 3. The molecule has 1 amide bonds. The summed E-state index contributed by atoms with van der Waals surface area (Å²) >= 11 is 0. The van der Waals surface area contributed by atoms with Crippen LogP contribution >= 0.6 is 0 Å². The fraction of sp³-hybridized carbons (Fsp3) is 0.846. The smallest absolute Gasteiger partial charge is 0.410 e. The summed E-state index contributed by atoms with van der Waals surface area (Å²) < 4.78 is 10.4. The second kappa shape index (κ2) is 4.78. The van der Waals surface area contributed by atoms with Crippen LogP contribution in [-0.2, 0) is 14.3 Å². The lowest BCUT2D eigenvalue weighted by molar-refractivity contribution is -0.134. The zero-order valence-electron chi connectivity index (χ0n) is 11.2.